The number of carboxylic acid groups (broad SMARTS) is 1. The van der Waals surface area contributed by atoms with Gasteiger partial charge < -0.3 is 10.0 Å². The third-order valence-electron chi connectivity index (χ3n) is 5.49. The predicted molar refractivity (Wildman–Crippen MR) is 88.7 cm³/mol. The Balaban J connectivity index is 1.65. The van der Waals surface area contributed by atoms with E-state index in [1.54, 1.807) is 4.90 Å². The minimum Gasteiger partial charge on any atom is -0.480 e. The van der Waals surface area contributed by atoms with Gasteiger partial charge in [-0.1, -0.05) is 40.2 Å². The zero-order valence-corrected chi connectivity index (χ0v) is 14.2. The fourth-order valence-corrected chi connectivity index (χ4v) is 4.88. The van der Waals surface area contributed by atoms with Crippen molar-refractivity contribution in [1.82, 2.24) is 4.90 Å². The van der Waals surface area contributed by atoms with Gasteiger partial charge in [-0.2, -0.15) is 0 Å². The molecule has 1 fully saturated rings. The van der Waals surface area contributed by atoms with Crippen molar-refractivity contribution in [2.75, 3.05) is 0 Å². The molecule has 0 aromatic heterocycles. The lowest BCUT2D eigenvalue weighted by Gasteiger charge is -2.37. The molecule has 2 aliphatic carbocycles. The smallest absolute Gasteiger partial charge is 0.326 e. The van der Waals surface area contributed by atoms with Gasteiger partial charge >= 0.3 is 5.97 Å². The number of aliphatic carboxylic acids is 1. The molecule has 2 bridgehead atoms. The van der Waals surface area contributed by atoms with Crippen molar-refractivity contribution in [3.05, 3.63) is 46.0 Å². The van der Waals surface area contributed by atoms with E-state index in [0.29, 0.717) is 24.8 Å². The van der Waals surface area contributed by atoms with Gasteiger partial charge in [0.25, 0.3) is 0 Å². The first kappa shape index (κ1) is 14.9. The average molecular weight is 376 g/mol. The Kier molecular flexibility index (Phi) is 3.56. The van der Waals surface area contributed by atoms with Crippen LogP contribution in [0.15, 0.2) is 34.8 Å². The molecule has 4 unspecified atom stereocenters. The minimum atomic E-state index is -0.918. The second-order valence-corrected chi connectivity index (χ2v) is 7.64. The van der Waals surface area contributed by atoms with Gasteiger partial charge in [0.05, 0.1) is 0 Å². The third-order valence-corrected chi connectivity index (χ3v) is 6.24. The van der Waals surface area contributed by atoms with Crippen molar-refractivity contribution in [3.63, 3.8) is 0 Å². The fraction of sp³-hybridized carbons (Fsp3) is 0.444. The summed E-state index contributed by atoms with van der Waals surface area (Å²) in [5.41, 5.74) is 2.06. The maximum absolute atomic E-state index is 13.0. The Labute approximate surface area is 143 Å². The highest BCUT2D eigenvalue weighted by Gasteiger charge is 2.45. The first-order valence-electron chi connectivity index (χ1n) is 8.02. The van der Waals surface area contributed by atoms with Crippen LogP contribution in [0.1, 0.15) is 24.0 Å². The van der Waals surface area contributed by atoms with E-state index in [9.17, 15) is 14.7 Å². The Bertz CT molecular complexity index is 714. The second kappa shape index (κ2) is 5.48. The van der Waals surface area contributed by atoms with Crippen LogP contribution in [0.25, 0.3) is 0 Å². The Morgan fingerprint density at radius 2 is 2.04 bits per heavy atom. The van der Waals surface area contributed by atoms with Gasteiger partial charge in [0.15, 0.2) is 0 Å². The van der Waals surface area contributed by atoms with E-state index >= 15 is 0 Å². The summed E-state index contributed by atoms with van der Waals surface area (Å²) in [6.07, 6.45) is 6.62. The standard InChI is InChI=1S/C18H18BrNO3/c19-15-3-1-2-12-9-20(16(18(22)23)8-13(12)15)17(21)14-7-10-4-5-11(14)6-10/h1-5,10-11,14,16H,6-9H2,(H,22,23). The van der Waals surface area contributed by atoms with Gasteiger partial charge in [0, 0.05) is 23.4 Å². The number of carboxylic acids is 1. The zero-order chi connectivity index (χ0) is 16.1. The number of hydrogen-bond acceptors (Lipinski definition) is 2. The molecular formula is C18H18BrNO3. The van der Waals surface area contributed by atoms with Gasteiger partial charge in [-0.3, -0.25) is 4.79 Å². The van der Waals surface area contributed by atoms with Gasteiger partial charge in [-0.25, -0.2) is 4.79 Å². The van der Waals surface area contributed by atoms with E-state index < -0.39 is 12.0 Å². The molecule has 0 radical (unpaired) electrons. The van der Waals surface area contributed by atoms with Gasteiger partial charge in [-0.05, 0) is 41.9 Å². The third kappa shape index (κ3) is 2.42. The van der Waals surface area contributed by atoms with E-state index in [4.69, 9.17) is 0 Å². The molecule has 1 heterocycles. The molecule has 3 aliphatic rings. The summed E-state index contributed by atoms with van der Waals surface area (Å²) in [6.45, 7) is 0.391. The number of hydrogen-bond donors (Lipinski definition) is 1. The molecule has 1 saturated carbocycles. The summed E-state index contributed by atoms with van der Waals surface area (Å²) in [4.78, 5) is 26.4. The lowest BCUT2D eigenvalue weighted by Crippen LogP contribution is -2.51. The lowest BCUT2D eigenvalue weighted by atomic mass is 9.88. The number of carbonyl (C=O) groups is 2. The quantitative estimate of drug-likeness (QED) is 0.808. The number of fused-ring (bicyclic) bond motifs is 3. The number of amides is 1. The monoisotopic (exact) mass is 375 g/mol. The molecule has 1 aromatic rings. The molecule has 1 aliphatic heterocycles. The van der Waals surface area contributed by atoms with E-state index in [0.717, 1.165) is 28.4 Å². The molecule has 120 valence electrons. The van der Waals surface area contributed by atoms with Crippen LogP contribution >= 0.6 is 15.9 Å². The molecule has 1 amide bonds. The molecule has 23 heavy (non-hydrogen) atoms. The predicted octanol–water partition coefficient (Wildman–Crippen LogP) is 3.00. The maximum Gasteiger partial charge on any atom is 0.326 e. The molecule has 0 saturated heterocycles. The molecule has 5 heteroatoms. The first-order valence-corrected chi connectivity index (χ1v) is 8.81. The number of halogens is 1. The van der Waals surface area contributed by atoms with Gasteiger partial charge in [0.2, 0.25) is 5.91 Å². The number of carbonyl (C=O) groups excluding carboxylic acids is 1. The number of nitrogens with zero attached hydrogens (tertiary/aromatic N) is 1. The first-order chi connectivity index (χ1) is 11.0. The number of allylic oxidation sites excluding steroid dienone is 2. The zero-order valence-electron chi connectivity index (χ0n) is 12.6. The molecular weight excluding hydrogens is 358 g/mol. The normalized spacial score (nSPS) is 31.3. The molecule has 4 rings (SSSR count). The van der Waals surface area contributed by atoms with E-state index in [2.05, 4.69) is 28.1 Å². The SMILES string of the molecule is O=C(O)C1Cc2c(Br)cccc2CN1C(=O)C1CC2C=CC1C2. The molecule has 1 aromatic carbocycles. The molecule has 4 atom stereocenters. The summed E-state index contributed by atoms with van der Waals surface area (Å²) in [6, 6.07) is 5.08. The largest absolute Gasteiger partial charge is 0.480 e. The highest BCUT2D eigenvalue weighted by molar-refractivity contribution is 9.10. The van der Waals surface area contributed by atoms with Crippen molar-refractivity contribution in [1.29, 1.82) is 0 Å². The number of rotatable bonds is 2. The highest BCUT2D eigenvalue weighted by atomic mass is 79.9. The van der Waals surface area contributed by atoms with Crippen molar-refractivity contribution < 1.29 is 14.7 Å². The van der Waals surface area contributed by atoms with Crippen LogP contribution in [0.5, 0.6) is 0 Å². The minimum absolute atomic E-state index is 0.0138. The van der Waals surface area contributed by atoms with Gasteiger partial charge in [0.1, 0.15) is 6.04 Å². The molecule has 0 spiro atoms. The Morgan fingerprint density at radius 1 is 1.22 bits per heavy atom. The Hall–Kier alpha value is -1.62. The van der Waals surface area contributed by atoms with Gasteiger partial charge in [-0.15, -0.1) is 0 Å². The topological polar surface area (TPSA) is 57.6 Å². The lowest BCUT2D eigenvalue weighted by molar-refractivity contribution is -0.153. The van der Waals surface area contributed by atoms with Crippen LogP contribution in [0.4, 0.5) is 0 Å². The van der Waals surface area contributed by atoms with Crippen LogP contribution in [-0.4, -0.2) is 27.9 Å². The van der Waals surface area contributed by atoms with Crippen molar-refractivity contribution >= 4 is 27.8 Å². The van der Waals surface area contributed by atoms with E-state index in [1.165, 1.54) is 0 Å². The molecule has 4 nitrogen and oxygen atoms in total. The van der Waals surface area contributed by atoms with E-state index in [1.807, 2.05) is 18.2 Å². The van der Waals surface area contributed by atoms with E-state index in [-0.39, 0.29) is 11.8 Å². The highest BCUT2D eigenvalue weighted by Crippen LogP contribution is 2.45. The van der Waals surface area contributed by atoms with Crippen LogP contribution in [0.3, 0.4) is 0 Å². The Morgan fingerprint density at radius 3 is 2.70 bits per heavy atom. The molecule has 1 N–H and O–H groups in total. The summed E-state index contributed by atoms with van der Waals surface area (Å²) in [5, 5.41) is 9.63. The summed E-state index contributed by atoms with van der Waals surface area (Å²) >= 11 is 3.50. The van der Waals surface area contributed by atoms with Crippen molar-refractivity contribution in [2.24, 2.45) is 17.8 Å². The maximum atomic E-state index is 13.0. The van der Waals surface area contributed by atoms with Crippen molar-refractivity contribution in [2.45, 2.75) is 31.8 Å². The second-order valence-electron chi connectivity index (χ2n) is 6.79. The average Bonchev–Trinajstić information content (AvgIpc) is 3.16. The summed E-state index contributed by atoms with van der Waals surface area (Å²) in [7, 11) is 0. The fourth-order valence-electron chi connectivity index (χ4n) is 4.31. The summed E-state index contributed by atoms with van der Waals surface area (Å²) < 4.78 is 0.927. The number of benzene rings is 1. The van der Waals surface area contributed by atoms with Crippen LogP contribution in [0, 0.1) is 17.8 Å². The van der Waals surface area contributed by atoms with Crippen LogP contribution in [0.2, 0.25) is 0 Å². The van der Waals surface area contributed by atoms with Crippen LogP contribution in [-0.2, 0) is 22.6 Å². The van der Waals surface area contributed by atoms with Crippen LogP contribution < -0.4 is 0 Å². The van der Waals surface area contributed by atoms with Crippen molar-refractivity contribution in [3.8, 4) is 0 Å². The summed E-state index contributed by atoms with van der Waals surface area (Å²) in [5.74, 6) is -0.145.